The van der Waals surface area contributed by atoms with Gasteiger partial charge < -0.3 is 15.5 Å². The highest BCUT2D eigenvalue weighted by molar-refractivity contribution is 5.39. The molecular weight excluding hydrogens is 260 g/mol. The fourth-order valence-corrected chi connectivity index (χ4v) is 2.23. The van der Waals surface area contributed by atoms with Gasteiger partial charge in [0.1, 0.15) is 5.82 Å². The van der Waals surface area contributed by atoms with E-state index in [-0.39, 0.29) is 6.04 Å². The molecule has 0 saturated heterocycles. The lowest BCUT2D eigenvalue weighted by Gasteiger charge is -2.27. The molecule has 21 heavy (non-hydrogen) atoms. The number of rotatable bonds is 9. The van der Waals surface area contributed by atoms with Crippen molar-refractivity contribution in [2.75, 3.05) is 38.6 Å². The van der Waals surface area contributed by atoms with Crippen LogP contribution >= 0.6 is 0 Å². The van der Waals surface area contributed by atoms with E-state index in [9.17, 15) is 0 Å². The maximum atomic E-state index is 6.01. The Balaban J connectivity index is 2.72. The second-order valence-electron chi connectivity index (χ2n) is 6.54. The van der Waals surface area contributed by atoms with Gasteiger partial charge in [0.05, 0.1) is 0 Å². The number of hydrogen-bond donors (Lipinski definition) is 1. The first-order valence-corrected chi connectivity index (χ1v) is 8.02. The van der Waals surface area contributed by atoms with Gasteiger partial charge in [-0.25, -0.2) is 4.98 Å². The summed E-state index contributed by atoms with van der Waals surface area (Å²) in [5, 5.41) is 0. The van der Waals surface area contributed by atoms with Crippen molar-refractivity contribution in [2.24, 2.45) is 11.7 Å². The summed E-state index contributed by atoms with van der Waals surface area (Å²) in [7, 11) is 4.21. The summed E-state index contributed by atoms with van der Waals surface area (Å²) >= 11 is 0. The van der Waals surface area contributed by atoms with Crippen LogP contribution in [0, 0.1) is 5.92 Å². The highest BCUT2D eigenvalue weighted by Gasteiger charge is 2.11. The van der Waals surface area contributed by atoms with Crippen LogP contribution in [0.25, 0.3) is 0 Å². The molecule has 2 N–H and O–H groups in total. The van der Waals surface area contributed by atoms with Crippen LogP contribution in [0.1, 0.15) is 32.8 Å². The third-order valence-electron chi connectivity index (χ3n) is 3.56. The number of anilines is 1. The topological polar surface area (TPSA) is 45.4 Å². The quantitative estimate of drug-likeness (QED) is 0.759. The van der Waals surface area contributed by atoms with E-state index in [1.54, 1.807) is 0 Å². The lowest BCUT2D eigenvalue weighted by Crippen LogP contribution is -2.35. The van der Waals surface area contributed by atoms with Crippen molar-refractivity contribution < 1.29 is 0 Å². The molecule has 4 nitrogen and oxygen atoms in total. The third-order valence-corrected chi connectivity index (χ3v) is 3.56. The molecule has 0 aromatic carbocycles. The second kappa shape index (κ2) is 9.00. The van der Waals surface area contributed by atoms with Gasteiger partial charge in [-0.1, -0.05) is 26.8 Å². The van der Waals surface area contributed by atoms with E-state index in [0.29, 0.717) is 5.92 Å². The van der Waals surface area contributed by atoms with Crippen LogP contribution in [0.15, 0.2) is 18.3 Å². The van der Waals surface area contributed by atoms with Gasteiger partial charge in [0, 0.05) is 31.9 Å². The first-order valence-electron chi connectivity index (χ1n) is 8.02. The molecule has 1 aromatic rings. The highest BCUT2D eigenvalue weighted by atomic mass is 15.2. The molecule has 0 aliphatic carbocycles. The van der Waals surface area contributed by atoms with Crippen molar-refractivity contribution in [2.45, 2.75) is 39.7 Å². The van der Waals surface area contributed by atoms with Crippen LogP contribution in [0.5, 0.6) is 0 Å². The van der Waals surface area contributed by atoms with Gasteiger partial charge in [0.2, 0.25) is 0 Å². The van der Waals surface area contributed by atoms with Gasteiger partial charge in [-0.15, -0.1) is 0 Å². The van der Waals surface area contributed by atoms with Crippen molar-refractivity contribution in [3.63, 3.8) is 0 Å². The molecule has 0 spiro atoms. The van der Waals surface area contributed by atoms with Gasteiger partial charge in [-0.3, -0.25) is 0 Å². The average Bonchev–Trinajstić information content (AvgIpc) is 2.43. The van der Waals surface area contributed by atoms with E-state index >= 15 is 0 Å². The van der Waals surface area contributed by atoms with Crippen LogP contribution < -0.4 is 10.6 Å². The van der Waals surface area contributed by atoms with E-state index in [2.05, 4.69) is 61.8 Å². The Bertz CT molecular complexity index is 386. The van der Waals surface area contributed by atoms with Crippen LogP contribution in [-0.2, 0) is 6.42 Å². The van der Waals surface area contributed by atoms with Gasteiger partial charge in [0.15, 0.2) is 0 Å². The summed E-state index contributed by atoms with van der Waals surface area (Å²) in [6.07, 6.45) is 3.89. The Morgan fingerprint density at radius 2 is 1.90 bits per heavy atom. The normalized spacial score (nSPS) is 13.0. The monoisotopic (exact) mass is 292 g/mol. The van der Waals surface area contributed by atoms with Crippen molar-refractivity contribution in [3.05, 3.63) is 23.9 Å². The molecule has 0 radical (unpaired) electrons. The summed E-state index contributed by atoms with van der Waals surface area (Å²) in [6, 6.07) is 4.54. The van der Waals surface area contributed by atoms with Gasteiger partial charge in [-0.05, 0) is 44.5 Å². The van der Waals surface area contributed by atoms with Gasteiger partial charge in [0.25, 0.3) is 0 Å². The highest BCUT2D eigenvalue weighted by Crippen LogP contribution is 2.14. The Morgan fingerprint density at radius 1 is 1.19 bits per heavy atom. The maximum Gasteiger partial charge on any atom is 0.128 e. The van der Waals surface area contributed by atoms with Crippen molar-refractivity contribution in [1.82, 2.24) is 9.88 Å². The lowest BCUT2D eigenvalue weighted by atomic mass is 10.1. The number of hydrogen-bond acceptors (Lipinski definition) is 4. The maximum absolute atomic E-state index is 6.01. The first-order chi connectivity index (χ1) is 9.92. The van der Waals surface area contributed by atoms with E-state index in [1.807, 2.05) is 6.20 Å². The fourth-order valence-electron chi connectivity index (χ4n) is 2.23. The standard InChI is InChI=1S/C17H32N4/c1-6-16(18)11-15-7-8-17(19-12-15)21(13-14(2)3)10-9-20(4)5/h7-8,12,14,16H,6,9-11,13,18H2,1-5H3. The second-order valence-corrected chi connectivity index (χ2v) is 6.54. The van der Waals surface area contributed by atoms with Crippen LogP contribution in [-0.4, -0.2) is 49.7 Å². The summed E-state index contributed by atoms with van der Waals surface area (Å²) in [5.41, 5.74) is 7.23. The third kappa shape index (κ3) is 6.91. The number of pyridine rings is 1. The number of nitrogens with two attached hydrogens (primary N) is 1. The van der Waals surface area contributed by atoms with Crippen molar-refractivity contribution in [1.29, 1.82) is 0 Å². The molecule has 0 saturated carbocycles. The van der Waals surface area contributed by atoms with E-state index in [4.69, 9.17) is 5.73 Å². The van der Waals surface area contributed by atoms with Crippen LogP contribution in [0.4, 0.5) is 5.82 Å². The zero-order chi connectivity index (χ0) is 15.8. The zero-order valence-electron chi connectivity index (χ0n) is 14.3. The minimum Gasteiger partial charge on any atom is -0.355 e. The molecule has 0 aliphatic rings. The molecule has 0 fully saturated rings. The first kappa shape index (κ1) is 17.9. The van der Waals surface area contributed by atoms with Crippen LogP contribution in [0.3, 0.4) is 0 Å². The molecule has 0 aliphatic heterocycles. The molecule has 1 atom stereocenters. The molecule has 4 heteroatoms. The minimum absolute atomic E-state index is 0.234. The van der Waals surface area contributed by atoms with Gasteiger partial charge in [-0.2, -0.15) is 0 Å². The number of nitrogens with zero attached hydrogens (tertiary/aromatic N) is 3. The molecule has 1 aromatic heterocycles. The summed E-state index contributed by atoms with van der Waals surface area (Å²) in [6.45, 7) is 9.70. The molecule has 1 rings (SSSR count). The molecule has 1 unspecified atom stereocenters. The minimum atomic E-state index is 0.234. The molecule has 120 valence electrons. The number of aromatic nitrogens is 1. The Morgan fingerprint density at radius 3 is 2.38 bits per heavy atom. The smallest absolute Gasteiger partial charge is 0.128 e. The molecular formula is C17H32N4. The van der Waals surface area contributed by atoms with Gasteiger partial charge >= 0.3 is 0 Å². The van der Waals surface area contributed by atoms with Crippen LogP contribution in [0.2, 0.25) is 0 Å². The molecule has 0 bridgehead atoms. The van der Waals surface area contributed by atoms with Crippen molar-refractivity contribution >= 4 is 5.82 Å². The lowest BCUT2D eigenvalue weighted by molar-refractivity contribution is 0.408. The summed E-state index contributed by atoms with van der Waals surface area (Å²) in [5.74, 6) is 1.70. The summed E-state index contributed by atoms with van der Waals surface area (Å²) in [4.78, 5) is 9.23. The van der Waals surface area contributed by atoms with Crippen molar-refractivity contribution in [3.8, 4) is 0 Å². The molecule has 0 amide bonds. The predicted molar refractivity (Wildman–Crippen MR) is 91.8 cm³/mol. The largest absolute Gasteiger partial charge is 0.355 e. The Hall–Kier alpha value is -1.13. The molecule has 1 heterocycles. The fraction of sp³-hybridized carbons (Fsp3) is 0.706. The van der Waals surface area contributed by atoms with E-state index in [0.717, 1.165) is 38.3 Å². The zero-order valence-corrected chi connectivity index (χ0v) is 14.3. The Kier molecular flexibility index (Phi) is 7.68. The number of likely N-dealkylation sites (N-methyl/N-ethyl adjacent to an activating group) is 1. The average molecular weight is 292 g/mol. The SMILES string of the molecule is CCC(N)Cc1ccc(N(CCN(C)C)CC(C)C)nc1. The van der Waals surface area contributed by atoms with E-state index in [1.165, 1.54) is 5.56 Å². The Labute approximate surface area is 130 Å². The predicted octanol–water partition coefficient (Wildman–Crippen LogP) is 2.39. The summed E-state index contributed by atoms with van der Waals surface area (Å²) < 4.78 is 0. The van der Waals surface area contributed by atoms with E-state index < -0.39 is 0 Å².